The standard InChI is InChI=1S/C21H20F2N2O2S/c1-12-3-4-13(2)19-18(12)24-21(28-19)27-15-7-9-25(10-8-15)20(26)16-6-5-14(22)11-17(16)23/h3-6,11,15H,7-10H2,1-2H3. The van der Waals surface area contributed by atoms with E-state index < -0.39 is 17.5 Å². The molecule has 1 aliphatic heterocycles. The van der Waals surface area contributed by atoms with E-state index in [9.17, 15) is 13.6 Å². The van der Waals surface area contributed by atoms with E-state index in [0.29, 0.717) is 31.1 Å². The molecule has 1 amide bonds. The number of rotatable bonds is 3. The normalized spacial score (nSPS) is 15.2. The third-order valence-electron chi connectivity index (χ3n) is 5.08. The number of hydrogen-bond donors (Lipinski definition) is 0. The van der Waals surface area contributed by atoms with E-state index in [0.717, 1.165) is 27.9 Å². The molecule has 0 unspecified atom stereocenters. The molecule has 3 aromatic rings. The number of benzene rings is 2. The number of fused-ring (bicyclic) bond motifs is 1. The molecule has 28 heavy (non-hydrogen) atoms. The second kappa shape index (κ2) is 7.47. The van der Waals surface area contributed by atoms with Crippen molar-refractivity contribution in [3.05, 3.63) is 58.7 Å². The van der Waals surface area contributed by atoms with E-state index in [1.165, 1.54) is 23.0 Å². The monoisotopic (exact) mass is 402 g/mol. The highest BCUT2D eigenvalue weighted by atomic mass is 32.1. The van der Waals surface area contributed by atoms with Crippen LogP contribution in [-0.4, -0.2) is 35.0 Å². The van der Waals surface area contributed by atoms with Crippen LogP contribution >= 0.6 is 11.3 Å². The summed E-state index contributed by atoms with van der Waals surface area (Å²) in [6, 6.07) is 7.17. The average Bonchev–Trinajstić information content (AvgIpc) is 3.10. The van der Waals surface area contributed by atoms with E-state index in [1.807, 2.05) is 6.92 Å². The molecule has 1 aliphatic rings. The van der Waals surface area contributed by atoms with Gasteiger partial charge in [-0.2, -0.15) is 0 Å². The highest BCUT2D eigenvalue weighted by molar-refractivity contribution is 7.20. The van der Waals surface area contributed by atoms with Crippen LogP contribution in [-0.2, 0) is 0 Å². The van der Waals surface area contributed by atoms with Crippen molar-refractivity contribution in [3.8, 4) is 5.19 Å². The number of carbonyl (C=O) groups excluding carboxylic acids is 1. The molecule has 7 heteroatoms. The number of ether oxygens (including phenoxy) is 1. The number of aromatic nitrogens is 1. The average molecular weight is 402 g/mol. The van der Waals surface area contributed by atoms with E-state index in [1.54, 1.807) is 4.90 Å². The zero-order chi connectivity index (χ0) is 19.8. The zero-order valence-corrected chi connectivity index (χ0v) is 16.5. The number of piperidine rings is 1. The molecule has 0 atom stereocenters. The molecular weight excluding hydrogens is 382 g/mol. The zero-order valence-electron chi connectivity index (χ0n) is 15.7. The van der Waals surface area contributed by atoms with Crippen LogP contribution in [0.4, 0.5) is 8.78 Å². The third-order valence-corrected chi connectivity index (χ3v) is 6.16. The van der Waals surface area contributed by atoms with Crippen molar-refractivity contribution >= 4 is 27.5 Å². The Bertz CT molecular complexity index is 1000. The minimum atomic E-state index is -0.830. The lowest BCUT2D eigenvalue weighted by Crippen LogP contribution is -2.42. The molecule has 0 saturated carbocycles. The molecule has 1 aromatic heterocycles. The van der Waals surface area contributed by atoms with Gasteiger partial charge in [0.2, 0.25) is 0 Å². The van der Waals surface area contributed by atoms with Crippen molar-refractivity contribution < 1.29 is 18.3 Å². The summed E-state index contributed by atoms with van der Waals surface area (Å²) in [7, 11) is 0. The molecule has 146 valence electrons. The number of aryl methyl sites for hydroxylation is 2. The Kier molecular flexibility index (Phi) is 5.02. The summed E-state index contributed by atoms with van der Waals surface area (Å²) in [5.74, 6) is -1.94. The molecule has 0 N–H and O–H groups in total. The summed E-state index contributed by atoms with van der Waals surface area (Å²) in [4.78, 5) is 18.7. The number of thiazole rings is 1. The van der Waals surface area contributed by atoms with E-state index in [-0.39, 0.29) is 11.7 Å². The van der Waals surface area contributed by atoms with Gasteiger partial charge >= 0.3 is 0 Å². The molecule has 4 rings (SSSR count). The maximum Gasteiger partial charge on any atom is 0.274 e. The van der Waals surface area contributed by atoms with Crippen LogP contribution in [0.1, 0.15) is 34.3 Å². The Labute approximate surface area is 165 Å². The van der Waals surface area contributed by atoms with Crippen molar-refractivity contribution in [2.24, 2.45) is 0 Å². The molecular formula is C21H20F2N2O2S. The fraction of sp³-hybridized carbons (Fsp3) is 0.333. The van der Waals surface area contributed by atoms with E-state index in [4.69, 9.17) is 4.74 Å². The first-order chi connectivity index (χ1) is 13.4. The molecule has 2 aromatic carbocycles. The topological polar surface area (TPSA) is 42.4 Å². The van der Waals surface area contributed by atoms with Gasteiger partial charge in [0.25, 0.3) is 11.1 Å². The molecule has 0 bridgehead atoms. The lowest BCUT2D eigenvalue weighted by molar-refractivity contribution is 0.0591. The fourth-order valence-electron chi connectivity index (χ4n) is 3.44. The van der Waals surface area contributed by atoms with Gasteiger partial charge in [0.15, 0.2) is 0 Å². The van der Waals surface area contributed by atoms with Crippen molar-refractivity contribution in [1.82, 2.24) is 9.88 Å². The lowest BCUT2D eigenvalue weighted by atomic mass is 10.1. The maximum absolute atomic E-state index is 13.9. The van der Waals surface area contributed by atoms with Gasteiger partial charge in [-0.05, 0) is 37.1 Å². The van der Waals surface area contributed by atoms with Crippen LogP contribution in [0, 0.1) is 25.5 Å². The number of hydrogen-bond acceptors (Lipinski definition) is 4. The minimum absolute atomic E-state index is 0.0386. The minimum Gasteiger partial charge on any atom is -0.467 e. The van der Waals surface area contributed by atoms with Crippen LogP contribution in [0.5, 0.6) is 5.19 Å². The van der Waals surface area contributed by atoms with E-state index in [2.05, 4.69) is 24.0 Å². The maximum atomic E-state index is 13.9. The van der Waals surface area contributed by atoms with Gasteiger partial charge in [-0.25, -0.2) is 13.8 Å². The summed E-state index contributed by atoms with van der Waals surface area (Å²) in [6.45, 7) is 5.01. The number of nitrogens with zero attached hydrogens (tertiary/aromatic N) is 2. The predicted molar refractivity (Wildman–Crippen MR) is 105 cm³/mol. The molecule has 0 spiro atoms. The summed E-state index contributed by atoms with van der Waals surface area (Å²) in [5, 5.41) is 0.641. The number of carbonyl (C=O) groups is 1. The highest BCUT2D eigenvalue weighted by Gasteiger charge is 2.27. The van der Waals surface area contributed by atoms with Gasteiger partial charge in [-0.15, -0.1) is 0 Å². The third kappa shape index (κ3) is 3.58. The Morgan fingerprint density at radius 1 is 1.14 bits per heavy atom. The number of amides is 1. The lowest BCUT2D eigenvalue weighted by Gasteiger charge is -2.31. The van der Waals surface area contributed by atoms with Gasteiger partial charge in [0, 0.05) is 32.0 Å². The number of halogens is 2. The van der Waals surface area contributed by atoms with Crippen molar-refractivity contribution in [3.63, 3.8) is 0 Å². The van der Waals surface area contributed by atoms with Crippen molar-refractivity contribution in [2.45, 2.75) is 32.8 Å². The van der Waals surface area contributed by atoms with Crippen LogP contribution < -0.4 is 4.74 Å². The van der Waals surface area contributed by atoms with Gasteiger partial charge < -0.3 is 9.64 Å². The molecule has 1 fully saturated rings. The number of likely N-dealkylation sites (tertiary alicyclic amines) is 1. The predicted octanol–water partition coefficient (Wildman–Crippen LogP) is 4.87. The van der Waals surface area contributed by atoms with Crippen molar-refractivity contribution in [1.29, 1.82) is 0 Å². The van der Waals surface area contributed by atoms with Crippen LogP contribution in [0.2, 0.25) is 0 Å². The van der Waals surface area contributed by atoms with Crippen LogP contribution in [0.15, 0.2) is 30.3 Å². The fourth-order valence-corrected chi connectivity index (χ4v) is 4.47. The Hall–Kier alpha value is -2.54. The SMILES string of the molecule is Cc1ccc(C)c2sc(OC3CCN(C(=O)c4ccc(F)cc4F)CC3)nc12. The summed E-state index contributed by atoms with van der Waals surface area (Å²) in [6.07, 6.45) is 1.24. The first kappa shape index (κ1) is 18.8. The Balaban J connectivity index is 1.41. The largest absolute Gasteiger partial charge is 0.467 e. The van der Waals surface area contributed by atoms with Crippen LogP contribution in [0.25, 0.3) is 10.2 Å². The highest BCUT2D eigenvalue weighted by Crippen LogP contribution is 2.33. The van der Waals surface area contributed by atoms with E-state index >= 15 is 0 Å². The van der Waals surface area contributed by atoms with Gasteiger partial charge in [0.1, 0.15) is 17.7 Å². The molecule has 1 saturated heterocycles. The smallest absolute Gasteiger partial charge is 0.274 e. The Morgan fingerprint density at radius 2 is 1.86 bits per heavy atom. The quantitative estimate of drug-likeness (QED) is 0.627. The van der Waals surface area contributed by atoms with Gasteiger partial charge in [0.05, 0.1) is 15.8 Å². The summed E-state index contributed by atoms with van der Waals surface area (Å²) < 4.78 is 34.1. The van der Waals surface area contributed by atoms with Gasteiger partial charge in [-0.1, -0.05) is 23.5 Å². The second-order valence-electron chi connectivity index (χ2n) is 7.09. The molecule has 0 radical (unpaired) electrons. The van der Waals surface area contributed by atoms with Crippen molar-refractivity contribution in [2.75, 3.05) is 13.1 Å². The summed E-state index contributed by atoms with van der Waals surface area (Å²) in [5.41, 5.74) is 3.17. The first-order valence-electron chi connectivity index (χ1n) is 9.20. The van der Waals surface area contributed by atoms with Gasteiger partial charge in [-0.3, -0.25) is 4.79 Å². The Morgan fingerprint density at radius 3 is 2.54 bits per heavy atom. The molecule has 4 nitrogen and oxygen atoms in total. The second-order valence-corrected chi connectivity index (χ2v) is 8.05. The van der Waals surface area contributed by atoms with Crippen LogP contribution in [0.3, 0.4) is 0 Å². The molecule has 2 heterocycles. The first-order valence-corrected chi connectivity index (χ1v) is 10.0. The summed E-state index contributed by atoms with van der Waals surface area (Å²) >= 11 is 1.54. The molecule has 0 aliphatic carbocycles.